The maximum atomic E-state index is 11.7. The normalized spacial score (nSPS) is 13.6. The van der Waals surface area contributed by atoms with Crippen LogP contribution in [0.3, 0.4) is 0 Å². The standard InChI is InChI=1S/C13H11NO2/c15-13(14-10-6-1-2-7-11-14)16-12-8-4-3-5-9-12/h1-11H. The molecular weight excluding hydrogens is 202 g/mol. The van der Waals surface area contributed by atoms with Crippen LogP contribution in [0, 0.1) is 0 Å². The fourth-order valence-corrected chi connectivity index (χ4v) is 1.23. The van der Waals surface area contributed by atoms with Gasteiger partial charge in [-0.25, -0.2) is 4.79 Å². The molecular formula is C13H11NO2. The molecule has 0 radical (unpaired) electrons. The van der Waals surface area contributed by atoms with Crippen LogP contribution in [-0.4, -0.2) is 11.0 Å². The molecule has 0 bridgehead atoms. The Morgan fingerprint density at radius 1 is 0.938 bits per heavy atom. The average Bonchev–Trinajstić information content (AvgIpc) is 2.59. The van der Waals surface area contributed by atoms with E-state index in [4.69, 9.17) is 4.74 Å². The molecule has 0 N–H and O–H groups in total. The number of hydrogen-bond donors (Lipinski definition) is 0. The number of hydrogen-bond acceptors (Lipinski definition) is 2. The third kappa shape index (κ3) is 2.60. The molecule has 1 aliphatic rings. The topological polar surface area (TPSA) is 29.5 Å². The molecule has 0 aromatic heterocycles. The molecule has 16 heavy (non-hydrogen) atoms. The molecule has 2 rings (SSSR count). The first-order valence-corrected chi connectivity index (χ1v) is 4.93. The van der Waals surface area contributed by atoms with Gasteiger partial charge in [-0.3, -0.25) is 4.90 Å². The Labute approximate surface area is 93.9 Å². The molecule has 3 heteroatoms. The number of nitrogens with zero attached hydrogens (tertiary/aromatic N) is 1. The van der Waals surface area contributed by atoms with Gasteiger partial charge < -0.3 is 4.74 Å². The lowest BCUT2D eigenvalue weighted by molar-refractivity contribution is 0.182. The van der Waals surface area contributed by atoms with Crippen molar-refractivity contribution in [1.82, 2.24) is 4.90 Å². The molecule has 1 aromatic carbocycles. The molecule has 3 nitrogen and oxygen atoms in total. The zero-order chi connectivity index (χ0) is 11.2. The minimum absolute atomic E-state index is 0.428. The lowest BCUT2D eigenvalue weighted by atomic mass is 10.3. The van der Waals surface area contributed by atoms with Crippen molar-refractivity contribution in [3.05, 3.63) is 67.0 Å². The lowest BCUT2D eigenvalue weighted by Gasteiger charge is -2.12. The number of carbonyl (C=O) groups is 1. The van der Waals surface area contributed by atoms with Crippen molar-refractivity contribution in [2.24, 2.45) is 0 Å². The van der Waals surface area contributed by atoms with Gasteiger partial charge in [-0.15, -0.1) is 0 Å². The molecule has 0 unspecified atom stereocenters. The van der Waals surface area contributed by atoms with E-state index in [1.165, 1.54) is 4.90 Å². The van der Waals surface area contributed by atoms with Crippen LogP contribution in [-0.2, 0) is 0 Å². The number of benzene rings is 1. The van der Waals surface area contributed by atoms with Gasteiger partial charge in [0, 0.05) is 12.4 Å². The van der Waals surface area contributed by atoms with Crippen LogP contribution in [0.2, 0.25) is 0 Å². The second-order valence-electron chi connectivity index (χ2n) is 3.16. The summed E-state index contributed by atoms with van der Waals surface area (Å²) >= 11 is 0. The Hall–Kier alpha value is -2.29. The molecule has 1 aromatic rings. The van der Waals surface area contributed by atoms with Crippen molar-refractivity contribution in [2.45, 2.75) is 0 Å². The highest BCUT2D eigenvalue weighted by molar-refractivity contribution is 5.73. The average molecular weight is 213 g/mol. The van der Waals surface area contributed by atoms with E-state index in [1.54, 1.807) is 36.7 Å². The molecule has 0 saturated carbocycles. The van der Waals surface area contributed by atoms with Crippen LogP contribution < -0.4 is 4.74 Å². The lowest BCUT2D eigenvalue weighted by Crippen LogP contribution is -2.23. The Morgan fingerprint density at radius 3 is 2.19 bits per heavy atom. The fourth-order valence-electron chi connectivity index (χ4n) is 1.23. The number of carbonyl (C=O) groups excluding carboxylic acids is 1. The maximum absolute atomic E-state index is 11.7. The molecule has 1 amide bonds. The summed E-state index contributed by atoms with van der Waals surface area (Å²) in [7, 11) is 0. The van der Waals surface area contributed by atoms with Crippen LogP contribution >= 0.6 is 0 Å². The summed E-state index contributed by atoms with van der Waals surface area (Å²) in [5, 5.41) is 0. The third-order valence-corrected chi connectivity index (χ3v) is 1.99. The van der Waals surface area contributed by atoms with Crippen molar-refractivity contribution in [3.63, 3.8) is 0 Å². The van der Waals surface area contributed by atoms with Crippen LogP contribution in [0.5, 0.6) is 5.75 Å². The first-order chi connectivity index (χ1) is 7.86. The second kappa shape index (κ2) is 4.98. The molecule has 0 spiro atoms. The zero-order valence-corrected chi connectivity index (χ0v) is 8.61. The summed E-state index contributed by atoms with van der Waals surface area (Å²) < 4.78 is 5.17. The molecule has 0 aliphatic carbocycles. The summed E-state index contributed by atoms with van der Waals surface area (Å²) in [6, 6.07) is 8.98. The first-order valence-electron chi connectivity index (χ1n) is 4.93. The van der Waals surface area contributed by atoms with E-state index in [0.717, 1.165) is 0 Å². The Balaban J connectivity index is 2.04. The number of amides is 1. The van der Waals surface area contributed by atoms with Crippen LogP contribution in [0.4, 0.5) is 4.79 Å². The highest BCUT2D eigenvalue weighted by atomic mass is 16.6. The molecule has 0 fully saturated rings. The van der Waals surface area contributed by atoms with Crippen LogP contribution in [0.15, 0.2) is 67.0 Å². The van der Waals surface area contributed by atoms with Gasteiger partial charge in [0.15, 0.2) is 0 Å². The van der Waals surface area contributed by atoms with E-state index in [2.05, 4.69) is 0 Å². The van der Waals surface area contributed by atoms with Crippen molar-refractivity contribution in [2.75, 3.05) is 0 Å². The minimum atomic E-state index is -0.428. The predicted octanol–water partition coefficient (Wildman–Crippen LogP) is 3.08. The highest BCUT2D eigenvalue weighted by Gasteiger charge is 2.10. The monoisotopic (exact) mass is 213 g/mol. The summed E-state index contributed by atoms with van der Waals surface area (Å²) in [5.74, 6) is 0.534. The smallest absolute Gasteiger partial charge is 0.410 e. The molecule has 1 heterocycles. The van der Waals surface area contributed by atoms with Crippen molar-refractivity contribution in [1.29, 1.82) is 0 Å². The van der Waals surface area contributed by atoms with Crippen molar-refractivity contribution < 1.29 is 9.53 Å². The minimum Gasteiger partial charge on any atom is -0.410 e. The van der Waals surface area contributed by atoms with E-state index in [9.17, 15) is 4.79 Å². The fraction of sp³-hybridized carbons (Fsp3) is 0. The van der Waals surface area contributed by atoms with Crippen molar-refractivity contribution >= 4 is 6.09 Å². The third-order valence-electron chi connectivity index (χ3n) is 1.99. The number of para-hydroxylation sites is 1. The van der Waals surface area contributed by atoms with E-state index in [-0.39, 0.29) is 0 Å². The molecule has 80 valence electrons. The predicted molar refractivity (Wildman–Crippen MR) is 61.7 cm³/mol. The highest BCUT2D eigenvalue weighted by Crippen LogP contribution is 2.11. The summed E-state index contributed by atoms with van der Waals surface area (Å²) in [4.78, 5) is 13.1. The SMILES string of the molecule is O=C(Oc1ccccc1)N1C=CC=CC=C1. The number of ether oxygens (including phenoxy) is 1. The molecule has 0 saturated heterocycles. The van der Waals surface area contributed by atoms with Gasteiger partial charge in [-0.1, -0.05) is 30.4 Å². The first kappa shape index (κ1) is 10.2. The van der Waals surface area contributed by atoms with Crippen LogP contribution in [0.25, 0.3) is 0 Å². The molecule has 0 atom stereocenters. The van der Waals surface area contributed by atoms with Gasteiger partial charge in [-0.05, 0) is 24.3 Å². The van der Waals surface area contributed by atoms with E-state index in [0.29, 0.717) is 5.75 Å². The van der Waals surface area contributed by atoms with Gasteiger partial charge in [0.1, 0.15) is 5.75 Å². The summed E-state index contributed by atoms with van der Waals surface area (Å²) in [5.41, 5.74) is 0. The van der Waals surface area contributed by atoms with Gasteiger partial charge in [0.2, 0.25) is 0 Å². The van der Waals surface area contributed by atoms with Crippen LogP contribution in [0.1, 0.15) is 0 Å². The number of allylic oxidation sites excluding steroid dienone is 4. The van der Waals surface area contributed by atoms with E-state index < -0.39 is 6.09 Å². The maximum Gasteiger partial charge on any atom is 0.423 e. The zero-order valence-electron chi connectivity index (χ0n) is 8.61. The van der Waals surface area contributed by atoms with Gasteiger partial charge in [0.25, 0.3) is 0 Å². The Bertz CT molecular complexity index is 430. The van der Waals surface area contributed by atoms with E-state index >= 15 is 0 Å². The second-order valence-corrected chi connectivity index (χ2v) is 3.16. The van der Waals surface area contributed by atoms with E-state index in [1.807, 2.05) is 30.4 Å². The Morgan fingerprint density at radius 2 is 1.56 bits per heavy atom. The quantitative estimate of drug-likeness (QED) is 0.717. The number of rotatable bonds is 1. The van der Waals surface area contributed by atoms with Gasteiger partial charge >= 0.3 is 6.09 Å². The largest absolute Gasteiger partial charge is 0.423 e. The van der Waals surface area contributed by atoms with Gasteiger partial charge in [-0.2, -0.15) is 0 Å². The summed E-state index contributed by atoms with van der Waals surface area (Å²) in [6.07, 6.45) is 10.1. The Kier molecular flexibility index (Phi) is 3.18. The summed E-state index contributed by atoms with van der Waals surface area (Å²) in [6.45, 7) is 0. The van der Waals surface area contributed by atoms with Crippen molar-refractivity contribution in [3.8, 4) is 5.75 Å². The van der Waals surface area contributed by atoms with Gasteiger partial charge in [0.05, 0.1) is 0 Å². The molecule has 1 aliphatic heterocycles.